The Morgan fingerprint density at radius 3 is 2.71 bits per heavy atom. The van der Waals surface area contributed by atoms with E-state index < -0.39 is 26.4 Å². The van der Waals surface area contributed by atoms with E-state index in [9.17, 15) is 18.6 Å². The molecule has 0 aliphatic heterocycles. The van der Waals surface area contributed by atoms with Crippen LogP contribution in [0.4, 0.5) is 10.1 Å². The van der Waals surface area contributed by atoms with Crippen molar-refractivity contribution in [2.24, 2.45) is 0 Å². The zero-order valence-corrected chi connectivity index (χ0v) is 11.6. The molecule has 0 saturated carbocycles. The summed E-state index contributed by atoms with van der Waals surface area (Å²) < 4.78 is 24.1. The van der Waals surface area contributed by atoms with Crippen LogP contribution in [0.15, 0.2) is 42.5 Å². The molecule has 0 radical (unpaired) electrons. The van der Waals surface area contributed by atoms with Gasteiger partial charge in [-0.2, -0.15) is 0 Å². The Balaban J connectivity index is 2.22. The van der Waals surface area contributed by atoms with Gasteiger partial charge in [0.15, 0.2) is 5.30 Å². The smallest absolute Gasteiger partial charge is 0.348 e. The van der Waals surface area contributed by atoms with Gasteiger partial charge < -0.3 is 15.3 Å². The molecule has 21 heavy (non-hydrogen) atoms. The highest BCUT2D eigenvalue weighted by atomic mass is 31.1. The standard InChI is InChI=1S/C14H11FNO4P/c15-13-5-4-11(6-10(13)8-17)16-14(18)9-2-1-3-12(7-9)21(19)20/h1-7,17H,8H2,(H,16,18). The van der Waals surface area contributed by atoms with Gasteiger partial charge in [-0.25, -0.2) is 4.39 Å². The lowest BCUT2D eigenvalue weighted by atomic mass is 10.1. The largest absolute Gasteiger partial charge is 0.591 e. The number of aliphatic hydroxyl groups is 1. The third-order valence-corrected chi connectivity index (χ3v) is 3.49. The topological polar surface area (TPSA) is 89.5 Å². The summed E-state index contributed by atoms with van der Waals surface area (Å²) in [6, 6.07) is 9.34. The van der Waals surface area contributed by atoms with Crippen LogP contribution in [-0.2, 0) is 11.2 Å². The maximum atomic E-state index is 13.2. The Labute approximate surface area is 120 Å². The van der Waals surface area contributed by atoms with Crippen LogP contribution in [0.2, 0.25) is 0 Å². The minimum atomic E-state index is -2.77. The van der Waals surface area contributed by atoms with Gasteiger partial charge in [-0.15, -0.1) is 0 Å². The molecule has 5 nitrogen and oxygen atoms in total. The molecule has 0 spiro atoms. The molecule has 0 aliphatic carbocycles. The lowest BCUT2D eigenvalue weighted by Crippen LogP contribution is -2.15. The molecule has 0 fully saturated rings. The fourth-order valence-corrected chi connectivity index (χ4v) is 2.19. The Bertz CT molecular complexity index is 705. The molecule has 0 saturated heterocycles. The Morgan fingerprint density at radius 2 is 2.05 bits per heavy atom. The molecular weight excluding hydrogens is 296 g/mol. The molecule has 0 aromatic heterocycles. The lowest BCUT2D eigenvalue weighted by Gasteiger charge is -2.07. The molecule has 108 valence electrons. The molecular formula is C14H11FNO4P. The predicted octanol–water partition coefficient (Wildman–Crippen LogP) is 1.30. The second kappa shape index (κ2) is 6.54. The first-order valence-electron chi connectivity index (χ1n) is 5.96. The number of anilines is 1. The second-order valence-corrected chi connectivity index (χ2v) is 5.26. The minimum Gasteiger partial charge on any atom is -0.591 e. The SMILES string of the molecule is O=C(Nc1ccc(F)c(CO)c1)c1cccc([P+](=O)[O-])c1. The third-order valence-electron chi connectivity index (χ3n) is 2.79. The van der Waals surface area contributed by atoms with Crippen LogP contribution < -0.4 is 15.5 Å². The zero-order valence-electron chi connectivity index (χ0n) is 10.7. The van der Waals surface area contributed by atoms with Crippen molar-refractivity contribution in [1.82, 2.24) is 0 Å². The van der Waals surface area contributed by atoms with Crippen molar-refractivity contribution in [3.8, 4) is 0 Å². The number of carbonyl (C=O) groups excluding carboxylic acids is 1. The van der Waals surface area contributed by atoms with Crippen molar-refractivity contribution in [3.05, 3.63) is 59.4 Å². The van der Waals surface area contributed by atoms with Gasteiger partial charge in [-0.1, -0.05) is 10.6 Å². The Morgan fingerprint density at radius 1 is 1.29 bits per heavy atom. The number of benzene rings is 2. The van der Waals surface area contributed by atoms with Gasteiger partial charge in [0.25, 0.3) is 5.91 Å². The number of hydrogen-bond donors (Lipinski definition) is 2. The number of nitrogens with one attached hydrogen (secondary N) is 1. The van der Waals surface area contributed by atoms with Crippen LogP contribution in [0, 0.1) is 5.82 Å². The van der Waals surface area contributed by atoms with E-state index in [2.05, 4.69) is 5.32 Å². The molecule has 1 unspecified atom stereocenters. The molecule has 1 amide bonds. The average Bonchev–Trinajstić information content (AvgIpc) is 2.49. The van der Waals surface area contributed by atoms with Gasteiger partial charge in [0, 0.05) is 22.9 Å². The van der Waals surface area contributed by atoms with E-state index >= 15 is 0 Å². The molecule has 0 aliphatic rings. The fraction of sp³-hybridized carbons (Fsp3) is 0.0714. The van der Waals surface area contributed by atoms with E-state index in [-0.39, 0.29) is 16.4 Å². The highest BCUT2D eigenvalue weighted by Gasteiger charge is 2.13. The predicted molar refractivity (Wildman–Crippen MR) is 74.0 cm³/mol. The summed E-state index contributed by atoms with van der Waals surface area (Å²) >= 11 is 0. The van der Waals surface area contributed by atoms with E-state index in [1.807, 2.05) is 0 Å². The van der Waals surface area contributed by atoms with E-state index in [0.29, 0.717) is 5.69 Å². The van der Waals surface area contributed by atoms with Gasteiger partial charge in [-0.3, -0.25) is 4.79 Å². The lowest BCUT2D eigenvalue weighted by molar-refractivity contribution is -0.160. The molecule has 0 bridgehead atoms. The van der Waals surface area contributed by atoms with Crippen molar-refractivity contribution in [2.75, 3.05) is 5.32 Å². The van der Waals surface area contributed by atoms with Crippen molar-refractivity contribution in [2.45, 2.75) is 6.61 Å². The number of aliphatic hydroxyl groups excluding tert-OH is 1. The van der Waals surface area contributed by atoms with Crippen LogP contribution in [0.5, 0.6) is 0 Å². The van der Waals surface area contributed by atoms with Crippen LogP contribution >= 0.6 is 8.03 Å². The van der Waals surface area contributed by atoms with Gasteiger partial charge in [-0.05, 0) is 30.3 Å². The van der Waals surface area contributed by atoms with E-state index in [1.165, 1.54) is 36.4 Å². The average molecular weight is 307 g/mol. The molecule has 2 aromatic rings. The normalized spacial score (nSPS) is 11.1. The summed E-state index contributed by atoms with van der Waals surface area (Å²) in [5.41, 5.74) is 0.535. The van der Waals surface area contributed by atoms with Crippen LogP contribution in [0.1, 0.15) is 15.9 Å². The van der Waals surface area contributed by atoms with Crippen LogP contribution in [0.25, 0.3) is 0 Å². The maximum Gasteiger partial charge on any atom is 0.348 e. The summed E-state index contributed by atoms with van der Waals surface area (Å²) in [5, 5.41) is 11.5. The first kappa shape index (κ1) is 15.3. The van der Waals surface area contributed by atoms with Gasteiger partial charge in [0.2, 0.25) is 0 Å². The van der Waals surface area contributed by atoms with Crippen LogP contribution in [0.3, 0.4) is 0 Å². The van der Waals surface area contributed by atoms with Gasteiger partial charge in [0.1, 0.15) is 5.82 Å². The first-order valence-corrected chi connectivity index (χ1v) is 7.14. The van der Waals surface area contributed by atoms with E-state index in [1.54, 1.807) is 0 Å². The molecule has 2 N–H and O–H groups in total. The monoisotopic (exact) mass is 307 g/mol. The molecule has 2 aromatic carbocycles. The molecule has 1 atom stereocenters. The number of amides is 1. The summed E-state index contributed by atoms with van der Waals surface area (Å²) in [7, 11) is -2.77. The second-order valence-electron chi connectivity index (χ2n) is 4.23. The summed E-state index contributed by atoms with van der Waals surface area (Å²) in [4.78, 5) is 22.9. The van der Waals surface area contributed by atoms with Gasteiger partial charge in [0.05, 0.1) is 6.61 Å². The highest BCUT2D eigenvalue weighted by molar-refractivity contribution is 7.45. The van der Waals surface area contributed by atoms with E-state index in [0.717, 1.165) is 6.07 Å². The highest BCUT2D eigenvalue weighted by Crippen LogP contribution is 2.16. The quantitative estimate of drug-likeness (QED) is 0.833. The van der Waals surface area contributed by atoms with Crippen LogP contribution in [-0.4, -0.2) is 11.0 Å². The van der Waals surface area contributed by atoms with Gasteiger partial charge >= 0.3 is 8.03 Å². The molecule has 2 rings (SSSR count). The summed E-state index contributed by atoms with van der Waals surface area (Å²) in [6.45, 7) is -0.484. The molecule has 0 heterocycles. The molecule has 7 heteroatoms. The summed E-state index contributed by atoms with van der Waals surface area (Å²) in [5.74, 6) is -1.09. The van der Waals surface area contributed by atoms with Crippen molar-refractivity contribution in [3.63, 3.8) is 0 Å². The third kappa shape index (κ3) is 3.70. The van der Waals surface area contributed by atoms with E-state index in [4.69, 9.17) is 5.11 Å². The van der Waals surface area contributed by atoms with Crippen molar-refractivity contribution < 1.29 is 23.7 Å². The number of rotatable bonds is 4. The minimum absolute atomic E-state index is 0.0350. The van der Waals surface area contributed by atoms with Crippen molar-refractivity contribution >= 4 is 24.9 Å². The number of carbonyl (C=O) groups is 1. The zero-order chi connectivity index (χ0) is 15.4. The summed E-state index contributed by atoms with van der Waals surface area (Å²) in [6.07, 6.45) is 0. The fourth-order valence-electron chi connectivity index (χ4n) is 1.74. The first-order chi connectivity index (χ1) is 10.0. The van der Waals surface area contributed by atoms with Crippen molar-refractivity contribution in [1.29, 1.82) is 0 Å². The maximum absolute atomic E-state index is 13.2. The Hall–Kier alpha value is -2.14. The number of hydrogen-bond acceptors (Lipinski definition) is 4. The Kier molecular flexibility index (Phi) is 4.75. The number of halogens is 1.